The minimum absolute atomic E-state index is 0.554. The maximum atomic E-state index is 6.24. The van der Waals surface area contributed by atoms with Crippen molar-refractivity contribution in [3.63, 3.8) is 0 Å². The van der Waals surface area contributed by atoms with Crippen LogP contribution in [0, 0.1) is 5.92 Å². The van der Waals surface area contributed by atoms with E-state index in [9.17, 15) is 0 Å². The van der Waals surface area contributed by atoms with Crippen LogP contribution in [0.15, 0.2) is 18.2 Å². The standard InChI is InChI=1S/C14H20Cl2N2/c1-10(2)17-8-11-5-6-18(9-11)14-4-3-12(15)7-13(14)16/h3-4,7,10-11,17H,5-6,8-9H2,1-2H3. The quantitative estimate of drug-likeness (QED) is 0.905. The minimum atomic E-state index is 0.554. The molecular weight excluding hydrogens is 267 g/mol. The van der Waals surface area contributed by atoms with Crippen LogP contribution in [0.5, 0.6) is 0 Å². The molecule has 1 aliphatic heterocycles. The molecule has 1 aromatic rings. The van der Waals surface area contributed by atoms with Crippen LogP contribution in [-0.2, 0) is 0 Å². The fourth-order valence-electron chi connectivity index (χ4n) is 2.36. The van der Waals surface area contributed by atoms with Gasteiger partial charge in [-0.1, -0.05) is 37.0 Å². The average Bonchev–Trinajstić information content (AvgIpc) is 2.75. The fourth-order valence-corrected chi connectivity index (χ4v) is 2.89. The van der Waals surface area contributed by atoms with Gasteiger partial charge in [0, 0.05) is 24.2 Å². The van der Waals surface area contributed by atoms with Crippen molar-refractivity contribution in [2.24, 2.45) is 5.92 Å². The molecule has 1 atom stereocenters. The van der Waals surface area contributed by atoms with Crippen molar-refractivity contribution in [2.75, 3.05) is 24.5 Å². The molecule has 0 spiro atoms. The number of rotatable bonds is 4. The molecule has 100 valence electrons. The van der Waals surface area contributed by atoms with E-state index in [0.717, 1.165) is 30.3 Å². The smallest absolute Gasteiger partial charge is 0.0654 e. The van der Waals surface area contributed by atoms with Gasteiger partial charge in [0.2, 0.25) is 0 Å². The van der Waals surface area contributed by atoms with Crippen LogP contribution in [0.1, 0.15) is 20.3 Å². The van der Waals surface area contributed by atoms with Gasteiger partial charge in [0.15, 0.2) is 0 Å². The molecular formula is C14H20Cl2N2. The lowest BCUT2D eigenvalue weighted by atomic mass is 10.1. The van der Waals surface area contributed by atoms with Crippen LogP contribution < -0.4 is 10.2 Å². The summed E-state index contributed by atoms with van der Waals surface area (Å²) in [5.74, 6) is 0.708. The largest absolute Gasteiger partial charge is 0.370 e. The van der Waals surface area contributed by atoms with Gasteiger partial charge in [0.05, 0.1) is 10.7 Å². The predicted octanol–water partition coefficient (Wildman–Crippen LogP) is 3.82. The molecule has 1 N–H and O–H groups in total. The summed E-state index contributed by atoms with van der Waals surface area (Å²) < 4.78 is 0. The summed E-state index contributed by atoms with van der Waals surface area (Å²) in [6.07, 6.45) is 1.22. The van der Waals surface area contributed by atoms with Crippen LogP contribution in [-0.4, -0.2) is 25.7 Å². The zero-order valence-corrected chi connectivity index (χ0v) is 12.4. The Bertz CT molecular complexity index is 407. The Balaban J connectivity index is 1.95. The van der Waals surface area contributed by atoms with E-state index >= 15 is 0 Å². The number of halogens is 2. The third kappa shape index (κ3) is 3.53. The molecule has 0 aliphatic carbocycles. The topological polar surface area (TPSA) is 15.3 Å². The first-order valence-corrected chi connectivity index (χ1v) is 7.25. The van der Waals surface area contributed by atoms with Crippen LogP contribution in [0.2, 0.25) is 10.0 Å². The minimum Gasteiger partial charge on any atom is -0.370 e. The molecule has 1 aliphatic rings. The van der Waals surface area contributed by atoms with Crippen LogP contribution >= 0.6 is 23.2 Å². The van der Waals surface area contributed by atoms with E-state index in [4.69, 9.17) is 23.2 Å². The lowest BCUT2D eigenvalue weighted by molar-refractivity contribution is 0.480. The van der Waals surface area contributed by atoms with Crippen molar-refractivity contribution in [3.05, 3.63) is 28.2 Å². The molecule has 1 aromatic carbocycles. The van der Waals surface area contributed by atoms with E-state index < -0.39 is 0 Å². The number of nitrogens with zero attached hydrogens (tertiary/aromatic N) is 1. The Labute approximate surface area is 119 Å². The molecule has 0 amide bonds. The summed E-state index contributed by atoms with van der Waals surface area (Å²) in [6.45, 7) is 7.60. The van der Waals surface area contributed by atoms with Gasteiger partial charge in [-0.15, -0.1) is 0 Å². The molecule has 18 heavy (non-hydrogen) atoms. The molecule has 1 unspecified atom stereocenters. The summed E-state index contributed by atoms with van der Waals surface area (Å²) in [5, 5.41) is 4.95. The molecule has 0 saturated carbocycles. The Morgan fingerprint density at radius 2 is 2.17 bits per heavy atom. The predicted molar refractivity (Wildman–Crippen MR) is 79.9 cm³/mol. The van der Waals surface area contributed by atoms with Crippen LogP contribution in [0.4, 0.5) is 5.69 Å². The van der Waals surface area contributed by atoms with Gasteiger partial charge in [-0.3, -0.25) is 0 Å². The average molecular weight is 287 g/mol. The number of benzene rings is 1. The molecule has 1 saturated heterocycles. The second kappa shape index (κ2) is 6.14. The Morgan fingerprint density at radius 3 is 2.83 bits per heavy atom. The summed E-state index contributed by atoms with van der Waals surface area (Å²) >= 11 is 12.2. The summed E-state index contributed by atoms with van der Waals surface area (Å²) in [4.78, 5) is 2.35. The molecule has 1 heterocycles. The fraction of sp³-hybridized carbons (Fsp3) is 0.571. The molecule has 0 aromatic heterocycles. The van der Waals surface area contributed by atoms with Gasteiger partial charge in [-0.2, -0.15) is 0 Å². The molecule has 4 heteroatoms. The summed E-state index contributed by atoms with van der Waals surface area (Å²) in [5.41, 5.74) is 1.10. The zero-order valence-electron chi connectivity index (χ0n) is 10.9. The van der Waals surface area contributed by atoms with Crippen molar-refractivity contribution < 1.29 is 0 Å². The number of nitrogens with one attached hydrogen (secondary N) is 1. The second-order valence-corrected chi connectivity index (χ2v) is 6.10. The van der Waals surface area contributed by atoms with Gasteiger partial charge in [0.25, 0.3) is 0 Å². The molecule has 1 fully saturated rings. The van der Waals surface area contributed by atoms with Crippen molar-refractivity contribution in [1.29, 1.82) is 0 Å². The molecule has 0 radical (unpaired) electrons. The second-order valence-electron chi connectivity index (χ2n) is 5.26. The van der Waals surface area contributed by atoms with E-state index in [-0.39, 0.29) is 0 Å². The summed E-state index contributed by atoms with van der Waals surface area (Å²) in [7, 11) is 0. The first-order chi connectivity index (χ1) is 8.56. The number of hydrogen-bond acceptors (Lipinski definition) is 2. The van der Waals surface area contributed by atoms with Crippen molar-refractivity contribution in [1.82, 2.24) is 5.32 Å². The van der Waals surface area contributed by atoms with Gasteiger partial charge in [-0.05, 0) is 37.1 Å². The highest BCUT2D eigenvalue weighted by Gasteiger charge is 2.23. The van der Waals surface area contributed by atoms with E-state index in [2.05, 4.69) is 24.1 Å². The van der Waals surface area contributed by atoms with Crippen LogP contribution in [0.3, 0.4) is 0 Å². The van der Waals surface area contributed by atoms with E-state index in [0.29, 0.717) is 17.0 Å². The highest BCUT2D eigenvalue weighted by atomic mass is 35.5. The maximum Gasteiger partial charge on any atom is 0.0654 e. The van der Waals surface area contributed by atoms with E-state index in [1.54, 1.807) is 0 Å². The monoisotopic (exact) mass is 286 g/mol. The highest BCUT2D eigenvalue weighted by molar-refractivity contribution is 6.36. The lowest BCUT2D eigenvalue weighted by Crippen LogP contribution is -2.30. The first kappa shape index (κ1) is 14.0. The maximum absolute atomic E-state index is 6.24. The Morgan fingerprint density at radius 1 is 1.39 bits per heavy atom. The molecule has 0 bridgehead atoms. The number of anilines is 1. The van der Waals surface area contributed by atoms with Gasteiger partial charge >= 0.3 is 0 Å². The van der Waals surface area contributed by atoms with Gasteiger partial charge in [-0.25, -0.2) is 0 Å². The Kier molecular flexibility index (Phi) is 4.77. The molecule has 2 nitrogen and oxygen atoms in total. The van der Waals surface area contributed by atoms with Crippen LogP contribution in [0.25, 0.3) is 0 Å². The summed E-state index contributed by atoms with van der Waals surface area (Å²) in [6, 6.07) is 6.29. The molecule has 2 rings (SSSR count). The zero-order chi connectivity index (χ0) is 13.1. The van der Waals surface area contributed by atoms with Gasteiger partial charge < -0.3 is 10.2 Å². The SMILES string of the molecule is CC(C)NCC1CCN(c2ccc(Cl)cc2Cl)C1. The Hall–Kier alpha value is -0.440. The lowest BCUT2D eigenvalue weighted by Gasteiger charge is -2.20. The van der Waals surface area contributed by atoms with Crippen molar-refractivity contribution in [3.8, 4) is 0 Å². The normalized spacial score (nSPS) is 19.8. The van der Waals surface area contributed by atoms with E-state index in [1.165, 1.54) is 6.42 Å². The number of hydrogen-bond donors (Lipinski definition) is 1. The highest BCUT2D eigenvalue weighted by Crippen LogP contribution is 2.32. The van der Waals surface area contributed by atoms with Crippen molar-refractivity contribution >= 4 is 28.9 Å². The third-order valence-electron chi connectivity index (χ3n) is 3.35. The first-order valence-electron chi connectivity index (χ1n) is 6.49. The van der Waals surface area contributed by atoms with Gasteiger partial charge in [0.1, 0.15) is 0 Å². The van der Waals surface area contributed by atoms with E-state index in [1.807, 2.05) is 18.2 Å². The third-order valence-corrected chi connectivity index (χ3v) is 3.89. The van der Waals surface area contributed by atoms with Crippen molar-refractivity contribution in [2.45, 2.75) is 26.3 Å².